The van der Waals surface area contributed by atoms with Crippen molar-refractivity contribution in [2.24, 2.45) is 0 Å². The largest absolute Gasteiger partial charge is 0.451 e. The van der Waals surface area contributed by atoms with Gasteiger partial charge in [0.1, 0.15) is 10.8 Å². The van der Waals surface area contributed by atoms with Crippen molar-refractivity contribution in [3.05, 3.63) is 57.1 Å². The summed E-state index contributed by atoms with van der Waals surface area (Å²) in [5.41, 5.74) is 0.847. The molecule has 9 heteroatoms. The highest BCUT2D eigenvalue weighted by molar-refractivity contribution is 6.41. The third-order valence-corrected chi connectivity index (χ3v) is 3.77. The lowest BCUT2D eigenvalue weighted by molar-refractivity contribution is 0.0432. The van der Waals surface area contributed by atoms with Crippen LogP contribution in [0.1, 0.15) is 16.4 Å². The Hall–Kier alpha value is -2.02. The molecule has 0 aliphatic carbocycles. The summed E-state index contributed by atoms with van der Waals surface area (Å²) in [6.07, 6.45) is 0. The van der Waals surface area contributed by atoms with Gasteiger partial charge in [0.05, 0.1) is 5.02 Å². The van der Waals surface area contributed by atoms with Crippen LogP contribution < -0.4 is 0 Å². The number of esters is 1. The zero-order valence-corrected chi connectivity index (χ0v) is 13.6. The van der Waals surface area contributed by atoms with Gasteiger partial charge in [0, 0.05) is 10.6 Å². The van der Waals surface area contributed by atoms with Crippen LogP contribution in [0, 0.1) is 0 Å². The van der Waals surface area contributed by atoms with E-state index in [1.165, 1.54) is 6.07 Å². The molecule has 118 valence electrons. The van der Waals surface area contributed by atoms with Crippen LogP contribution in [0.5, 0.6) is 0 Å². The van der Waals surface area contributed by atoms with Crippen LogP contribution in [-0.2, 0) is 11.3 Å². The van der Waals surface area contributed by atoms with Gasteiger partial charge < -0.3 is 14.1 Å². The smallest absolute Gasteiger partial charge is 0.355 e. The summed E-state index contributed by atoms with van der Waals surface area (Å²) in [6, 6.07) is 8.28. The number of benzene rings is 1. The maximum Gasteiger partial charge on any atom is 0.355 e. The van der Waals surface area contributed by atoms with E-state index in [-0.39, 0.29) is 28.4 Å². The minimum Gasteiger partial charge on any atom is -0.451 e. The Morgan fingerprint density at radius 2 is 1.91 bits per heavy atom. The molecule has 0 fully saturated rings. The number of nitrogens with one attached hydrogen (secondary N) is 1. The predicted molar refractivity (Wildman–Crippen MR) is 84.7 cm³/mol. The summed E-state index contributed by atoms with van der Waals surface area (Å²) >= 11 is 17.3. The Labute approximate surface area is 145 Å². The molecule has 0 amide bonds. The van der Waals surface area contributed by atoms with Gasteiger partial charge in [-0.3, -0.25) is 0 Å². The highest BCUT2D eigenvalue weighted by Crippen LogP contribution is 2.23. The molecule has 1 aromatic carbocycles. The fraction of sp³-hybridized carbons (Fsp3) is 0.0714. The quantitative estimate of drug-likeness (QED) is 0.687. The number of nitrogens with zero attached hydrogens (tertiary/aromatic N) is 2. The van der Waals surface area contributed by atoms with Gasteiger partial charge in [0.15, 0.2) is 6.61 Å². The second-order valence-corrected chi connectivity index (χ2v) is 5.65. The maximum atomic E-state index is 11.8. The molecule has 1 N–H and O–H groups in total. The molecule has 23 heavy (non-hydrogen) atoms. The van der Waals surface area contributed by atoms with Crippen molar-refractivity contribution in [2.75, 3.05) is 0 Å². The number of halogens is 3. The zero-order chi connectivity index (χ0) is 16.4. The Balaban J connectivity index is 1.65. The van der Waals surface area contributed by atoms with E-state index in [0.717, 1.165) is 0 Å². The average molecular weight is 373 g/mol. The summed E-state index contributed by atoms with van der Waals surface area (Å²) < 4.78 is 10.5. The van der Waals surface area contributed by atoms with Gasteiger partial charge in [-0.25, -0.2) is 4.79 Å². The number of carbonyl (C=O) groups excluding carboxylic acids is 1. The van der Waals surface area contributed by atoms with Crippen LogP contribution in [0.15, 0.2) is 34.7 Å². The number of hydrogen-bond acceptors (Lipinski definition) is 5. The molecular weight excluding hydrogens is 365 g/mol. The van der Waals surface area contributed by atoms with Crippen molar-refractivity contribution < 1.29 is 13.9 Å². The first-order chi connectivity index (χ1) is 11.0. The van der Waals surface area contributed by atoms with Crippen LogP contribution in [-0.4, -0.2) is 21.2 Å². The average Bonchev–Trinajstić information content (AvgIpc) is 3.13. The first kappa shape index (κ1) is 15.9. The van der Waals surface area contributed by atoms with Crippen molar-refractivity contribution in [1.29, 1.82) is 0 Å². The number of rotatable bonds is 4. The molecule has 0 saturated heterocycles. The molecular formula is C14H8Cl3N3O3. The van der Waals surface area contributed by atoms with Gasteiger partial charge in [0.2, 0.25) is 5.89 Å². The lowest BCUT2D eigenvalue weighted by atomic mass is 10.2. The maximum absolute atomic E-state index is 11.8. The number of aromatic amines is 1. The molecule has 6 nitrogen and oxygen atoms in total. The van der Waals surface area contributed by atoms with Gasteiger partial charge in [-0.05, 0) is 30.3 Å². The third kappa shape index (κ3) is 3.67. The van der Waals surface area contributed by atoms with Crippen LogP contribution in [0.25, 0.3) is 11.5 Å². The van der Waals surface area contributed by atoms with E-state index >= 15 is 0 Å². The molecule has 0 atom stereocenters. The Morgan fingerprint density at radius 3 is 2.57 bits per heavy atom. The molecule has 0 saturated carbocycles. The van der Waals surface area contributed by atoms with Crippen LogP contribution in [0.3, 0.4) is 0 Å². The fourth-order valence-corrected chi connectivity index (χ4v) is 2.18. The summed E-state index contributed by atoms with van der Waals surface area (Å²) in [5.74, 6) is -0.171. The molecule has 0 bridgehead atoms. The summed E-state index contributed by atoms with van der Waals surface area (Å²) in [6.45, 7) is -0.173. The number of hydrogen-bond donors (Lipinski definition) is 1. The number of H-pyrrole nitrogens is 1. The van der Waals surface area contributed by atoms with Gasteiger partial charge in [-0.2, -0.15) is 0 Å². The van der Waals surface area contributed by atoms with E-state index < -0.39 is 5.97 Å². The van der Waals surface area contributed by atoms with E-state index in [4.69, 9.17) is 44.0 Å². The number of aromatic nitrogens is 3. The van der Waals surface area contributed by atoms with Crippen molar-refractivity contribution >= 4 is 40.8 Å². The first-order valence-corrected chi connectivity index (χ1v) is 7.46. The van der Waals surface area contributed by atoms with Crippen molar-refractivity contribution in [2.45, 2.75) is 6.61 Å². The standard InChI is InChI=1S/C14H8Cl3N3O3/c15-8-3-1-7(2-4-8)13-20-19-11(23-13)6-22-14(21)10-5-9(16)12(17)18-10/h1-5,18H,6H2. The SMILES string of the molecule is O=C(OCc1nnc(-c2ccc(Cl)cc2)o1)c1cc(Cl)c(Cl)[nH]1. The van der Waals surface area contributed by atoms with E-state index in [1.807, 2.05) is 0 Å². The van der Waals surface area contributed by atoms with Crippen molar-refractivity contribution in [3.63, 3.8) is 0 Å². The topological polar surface area (TPSA) is 81.0 Å². The van der Waals surface area contributed by atoms with Gasteiger partial charge >= 0.3 is 5.97 Å². The molecule has 2 aromatic heterocycles. The minimum absolute atomic E-state index is 0.137. The fourth-order valence-electron chi connectivity index (χ4n) is 1.74. The van der Waals surface area contributed by atoms with Gasteiger partial charge in [-0.1, -0.05) is 34.8 Å². The summed E-state index contributed by atoms with van der Waals surface area (Å²) in [4.78, 5) is 14.4. The Bertz CT molecular complexity index is 823. The number of ether oxygens (including phenoxy) is 1. The molecule has 3 aromatic rings. The lowest BCUT2D eigenvalue weighted by Crippen LogP contribution is -2.05. The molecule has 3 rings (SSSR count). The second kappa shape index (κ2) is 6.62. The van der Waals surface area contributed by atoms with Gasteiger partial charge in [-0.15, -0.1) is 10.2 Å². The first-order valence-electron chi connectivity index (χ1n) is 6.32. The van der Waals surface area contributed by atoms with E-state index in [2.05, 4.69) is 15.2 Å². The zero-order valence-electron chi connectivity index (χ0n) is 11.3. The highest BCUT2D eigenvalue weighted by atomic mass is 35.5. The van der Waals surface area contributed by atoms with Crippen molar-refractivity contribution in [3.8, 4) is 11.5 Å². The van der Waals surface area contributed by atoms with E-state index in [9.17, 15) is 4.79 Å². The Kier molecular flexibility index (Phi) is 4.56. The lowest BCUT2D eigenvalue weighted by Gasteiger charge is -1.99. The normalized spacial score (nSPS) is 10.7. The van der Waals surface area contributed by atoms with Gasteiger partial charge in [0.25, 0.3) is 5.89 Å². The number of carbonyl (C=O) groups is 1. The molecule has 0 spiro atoms. The molecule has 0 radical (unpaired) electrons. The molecule has 0 aliphatic heterocycles. The second-order valence-electron chi connectivity index (χ2n) is 4.43. The predicted octanol–water partition coefficient (Wildman–Crippen LogP) is 4.38. The Morgan fingerprint density at radius 1 is 1.17 bits per heavy atom. The monoisotopic (exact) mass is 371 g/mol. The highest BCUT2D eigenvalue weighted by Gasteiger charge is 2.15. The minimum atomic E-state index is -0.634. The van der Waals surface area contributed by atoms with Crippen LogP contribution >= 0.6 is 34.8 Å². The van der Waals surface area contributed by atoms with Crippen molar-refractivity contribution in [1.82, 2.24) is 15.2 Å². The summed E-state index contributed by atoms with van der Waals surface area (Å²) in [7, 11) is 0. The van der Waals surface area contributed by atoms with Crippen LogP contribution in [0.2, 0.25) is 15.2 Å². The van der Waals surface area contributed by atoms with Crippen LogP contribution in [0.4, 0.5) is 0 Å². The van der Waals surface area contributed by atoms with E-state index in [0.29, 0.717) is 16.5 Å². The molecule has 2 heterocycles. The molecule has 0 unspecified atom stereocenters. The summed E-state index contributed by atoms with van der Waals surface area (Å²) in [5, 5.41) is 8.71. The third-order valence-electron chi connectivity index (χ3n) is 2.83. The van der Waals surface area contributed by atoms with E-state index in [1.54, 1.807) is 24.3 Å². The molecule has 0 aliphatic rings.